The summed E-state index contributed by atoms with van der Waals surface area (Å²) in [4.78, 5) is 19.6. The van der Waals surface area contributed by atoms with Crippen molar-refractivity contribution in [3.8, 4) is 0 Å². The standard InChI is InChI=1S/C16H19N3O2/c1-3-14-9-15(19-11(2)18-14)17-10-13-7-5-4-6-12(13)8-16(20)21/h4-7,9H,3,8,10H2,1-2H3,(H,20,21)(H,17,18,19). The second kappa shape index (κ2) is 6.83. The molecule has 2 rings (SSSR count). The van der Waals surface area contributed by atoms with Crippen molar-refractivity contribution in [1.29, 1.82) is 0 Å². The van der Waals surface area contributed by atoms with Crippen LogP contribution in [0, 0.1) is 6.92 Å². The minimum atomic E-state index is -0.825. The van der Waals surface area contributed by atoms with Gasteiger partial charge in [0, 0.05) is 18.3 Å². The third-order valence-electron chi connectivity index (χ3n) is 3.17. The van der Waals surface area contributed by atoms with Gasteiger partial charge in [-0.2, -0.15) is 0 Å². The molecule has 5 heteroatoms. The first-order valence-electron chi connectivity index (χ1n) is 6.95. The molecule has 0 unspecified atom stereocenters. The van der Waals surface area contributed by atoms with Crippen LogP contribution >= 0.6 is 0 Å². The molecule has 21 heavy (non-hydrogen) atoms. The number of hydrogen-bond acceptors (Lipinski definition) is 4. The highest BCUT2D eigenvalue weighted by atomic mass is 16.4. The molecule has 2 N–H and O–H groups in total. The van der Waals surface area contributed by atoms with Gasteiger partial charge in [-0.05, 0) is 24.5 Å². The highest BCUT2D eigenvalue weighted by molar-refractivity contribution is 5.70. The fourth-order valence-corrected chi connectivity index (χ4v) is 2.15. The molecule has 5 nitrogen and oxygen atoms in total. The smallest absolute Gasteiger partial charge is 0.307 e. The lowest BCUT2D eigenvalue weighted by Gasteiger charge is -2.11. The summed E-state index contributed by atoms with van der Waals surface area (Å²) in [7, 11) is 0. The Kier molecular flexibility index (Phi) is 4.87. The van der Waals surface area contributed by atoms with Crippen LogP contribution in [0.5, 0.6) is 0 Å². The van der Waals surface area contributed by atoms with Crippen LogP contribution < -0.4 is 5.32 Å². The van der Waals surface area contributed by atoms with Gasteiger partial charge in [-0.15, -0.1) is 0 Å². The molecule has 0 spiro atoms. The van der Waals surface area contributed by atoms with Crippen molar-refractivity contribution in [3.63, 3.8) is 0 Å². The van der Waals surface area contributed by atoms with Gasteiger partial charge >= 0.3 is 5.97 Å². The molecule has 1 aromatic heterocycles. The minimum absolute atomic E-state index is 0.0286. The normalized spacial score (nSPS) is 10.4. The zero-order valence-electron chi connectivity index (χ0n) is 12.3. The first-order valence-corrected chi connectivity index (χ1v) is 6.95. The van der Waals surface area contributed by atoms with E-state index in [9.17, 15) is 4.79 Å². The van der Waals surface area contributed by atoms with Crippen LogP contribution in [0.3, 0.4) is 0 Å². The number of anilines is 1. The van der Waals surface area contributed by atoms with Crippen LogP contribution in [0.4, 0.5) is 5.82 Å². The zero-order valence-corrected chi connectivity index (χ0v) is 12.3. The van der Waals surface area contributed by atoms with E-state index in [0.717, 1.165) is 34.9 Å². The molecular formula is C16H19N3O2. The van der Waals surface area contributed by atoms with Gasteiger partial charge in [-0.3, -0.25) is 4.79 Å². The average Bonchev–Trinajstić information content (AvgIpc) is 2.45. The number of aliphatic carboxylic acids is 1. The van der Waals surface area contributed by atoms with Crippen molar-refractivity contribution in [3.05, 3.63) is 53.0 Å². The first kappa shape index (κ1) is 15.0. The Morgan fingerprint density at radius 2 is 1.95 bits per heavy atom. The predicted molar refractivity (Wildman–Crippen MR) is 81.3 cm³/mol. The maximum atomic E-state index is 10.9. The molecule has 2 aromatic rings. The van der Waals surface area contributed by atoms with E-state index in [1.165, 1.54) is 0 Å². The molecule has 0 radical (unpaired) electrons. The molecule has 1 heterocycles. The molecule has 0 aliphatic heterocycles. The Balaban J connectivity index is 2.13. The molecule has 0 bridgehead atoms. The molecule has 0 atom stereocenters. The van der Waals surface area contributed by atoms with E-state index in [0.29, 0.717) is 6.54 Å². The van der Waals surface area contributed by atoms with Crippen LogP contribution in [0.1, 0.15) is 29.6 Å². The number of carboxylic acids is 1. The molecule has 0 fully saturated rings. The lowest BCUT2D eigenvalue weighted by atomic mass is 10.0. The molecular weight excluding hydrogens is 266 g/mol. The van der Waals surface area contributed by atoms with Gasteiger partial charge in [0.15, 0.2) is 0 Å². The largest absolute Gasteiger partial charge is 0.481 e. The first-order chi connectivity index (χ1) is 10.1. The summed E-state index contributed by atoms with van der Waals surface area (Å²) in [6.07, 6.45) is 0.883. The van der Waals surface area contributed by atoms with E-state index < -0.39 is 5.97 Å². The van der Waals surface area contributed by atoms with Gasteiger partial charge in [0.05, 0.1) is 6.42 Å². The van der Waals surface area contributed by atoms with Crippen molar-refractivity contribution in [2.45, 2.75) is 33.2 Å². The number of nitrogens with one attached hydrogen (secondary N) is 1. The molecule has 1 aromatic carbocycles. The fraction of sp³-hybridized carbons (Fsp3) is 0.312. The molecule has 0 aliphatic rings. The Labute approximate surface area is 124 Å². The monoisotopic (exact) mass is 285 g/mol. The van der Waals surface area contributed by atoms with Crippen molar-refractivity contribution in [1.82, 2.24) is 9.97 Å². The van der Waals surface area contributed by atoms with E-state index in [2.05, 4.69) is 15.3 Å². The Morgan fingerprint density at radius 3 is 2.62 bits per heavy atom. The number of aryl methyl sites for hydroxylation is 2. The van der Waals surface area contributed by atoms with Crippen LogP contribution in [-0.4, -0.2) is 21.0 Å². The number of carboxylic acid groups (broad SMARTS) is 1. The van der Waals surface area contributed by atoms with E-state index >= 15 is 0 Å². The Hall–Kier alpha value is -2.43. The number of nitrogens with zero attached hydrogens (tertiary/aromatic N) is 2. The average molecular weight is 285 g/mol. The summed E-state index contributed by atoms with van der Waals surface area (Å²) in [6, 6.07) is 9.46. The number of hydrogen-bond donors (Lipinski definition) is 2. The van der Waals surface area contributed by atoms with Crippen molar-refractivity contribution >= 4 is 11.8 Å². The summed E-state index contributed by atoms with van der Waals surface area (Å²) in [6.45, 7) is 4.46. The van der Waals surface area contributed by atoms with Crippen LogP contribution in [0.25, 0.3) is 0 Å². The lowest BCUT2D eigenvalue weighted by Crippen LogP contribution is -2.09. The van der Waals surface area contributed by atoms with Crippen molar-refractivity contribution in [2.24, 2.45) is 0 Å². The maximum Gasteiger partial charge on any atom is 0.307 e. The Morgan fingerprint density at radius 1 is 1.24 bits per heavy atom. The highest BCUT2D eigenvalue weighted by Gasteiger charge is 2.07. The summed E-state index contributed by atoms with van der Waals surface area (Å²) in [5, 5.41) is 12.2. The quantitative estimate of drug-likeness (QED) is 0.853. The minimum Gasteiger partial charge on any atom is -0.481 e. The van der Waals surface area contributed by atoms with Gasteiger partial charge in [-0.1, -0.05) is 31.2 Å². The van der Waals surface area contributed by atoms with Gasteiger partial charge in [0.25, 0.3) is 0 Å². The van der Waals surface area contributed by atoms with Gasteiger partial charge in [0.1, 0.15) is 11.6 Å². The third kappa shape index (κ3) is 4.27. The SMILES string of the molecule is CCc1cc(NCc2ccccc2CC(=O)O)nc(C)n1. The van der Waals surface area contributed by atoms with Crippen molar-refractivity contribution < 1.29 is 9.90 Å². The lowest BCUT2D eigenvalue weighted by molar-refractivity contribution is -0.136. The predicted octanol–water partition coefficient (Wildman–Crippen LogP) is 2.59. The van der Waals surface area contributed by atoms with E-state index in [1.54, 1.807) is 0 Å². The number of carbonyl (C=O) groups is 1. The number of benzene rings is 1. The fourth-order valence-electron chi connectivity index (χ4n) is 2.15. The Bertz CT molecular complexity index is 641. The summed E-state index contributed by atoms with van der Waals surface area (Å²) >= 11 is 0. The molecule has 0 saturated carbocycles. The van der Waals surface area contributed by atoms with E-state index in [4.69, 9.17) is 5.11 Å². The molecule has 0 saturated heterocycles. The van der Waals surface area contributed by atoms with Gasteiger partial charge in [0.2, 0.25) is 0 Å². The number of rotatable bonds is 6. The topological polar surface area (TPSA) is 75.1 Å². The second-order valence-electron chi connectivity index (χ2n) is 4.84. The van der Waals surface area contributed by atoms with Crippen LogP contribution in [0.15, 0.2) is 30.3 Å². The molecule has 110 valence electrons. The molecule has 0 amide bonds. The third-order valence-corrected chi connectivity index (χ3v) is 3.17. The second-order valence-corrected chi connectivity index (χ2v) is 4.84. The number of aromatic nitrogens is 2. The van der Waals surface area contributed by atoms with Gasteiger partial charge < -0.3 is 10.4 Å². The maximum absolute atomic E-state index is 10.9. The summed E-state index contributed by atoms with van der Waals surface area (Å²) in [5.41, 5.74) is 2.78. The summed E-state index contributed by atoms with van der Waals surface area (Å²) in [5.74, 6) is 0.675. The van der Waals surface area contributed by atoms with E-state index in [-0.39, 0.29) is 6.42 Å². The van der Waals surface area contributed by atoms with Gasteiger partial charge in [-0.25, -0.2) is 9.97 Å². The molecule has 0 aliphatic carbocycles. The summed E-state index contributed by atoms with van der Waals surface area (Å²) < 4.78 is 0. The zero-order chi connectivity index (χ0) is 15.2. The van der Waals surface area contributed by atoms with Crippen LogP contribution in [0.2, 0.25) is 0 Å². The van der Waals surface area contributed by atoms with Crippen molar-refractivity contribution in [2.75, 3.05) is 5.32 Å². The van der Waals surface area contributed by atoms with E-state index in [1.807, 2.05) is 44.2 Å². The highest BCUT2D eigenvalue weighted by Crippen LogP contribution is 2.13. The van der Waals surface area contributed by atoms with Crippen LogP contribution in [-0.2, 0) is 24.2 Å².